The Morgan fingerprint density at radius 2 is 2.28 bits per heavy atom. The molecule has 1 fully saturated rings. The van der Waals surface area contributed by atoms with Gasteiger partial charge in [-0.15, -0.1) is 0 Å². The van der Waals surface area contributed by atoms with E-state index in [1.54, 1.807) is 6.07 Å². The van der Waals surface area contributed by atoms with Crippen molar-refractivity contribution in [1.29, 1.82) is 0 Å². The van der Waals surface area contributed by atoms with Crippen molar-refractivity contribution in [2.45, 2.75) is 20.0 Å². The summed E-state index contributed by atoms with van der Waals surface area (Å²) in [6.45, 7) is 6.03. The lowest BCUT2D eigenvalue weighted by Gasteiger charge is -2.33. The van der Waals surface area contributed by atoms with E-state index in [9.17, 15) is 4.79 Å². The Hall–Kier alpha value is -1.75. The third-order valence-corrected chi connectivity index (χ3v) is 3.21. The summed E-state index contributed by atoms with van der Waals surface area (Å²) in [7, 11) is 0. The van der Waals surface area contributed by atoms with E-state index in [1.165, 1.54) is 0 Å². The second-order valence-corrected chi connectivity index (χ2v) is 4.66. The van der Waals surface area contributed by atoms with E-state index in [0.29, 0.717) is 12.3 Å². The van der Waals surface area contributed by atoms with Crippen LogP contribution < -0.4 is 10.6 Å². The molecule has 5 heteroatoms. The van der Waals surface area contributed by atoms with Gasteiger partial charge in [0.1, 0.15) is 0 Å². The maximum absolute atomic E-state index is 11.2. The molecule has 0 bridgehead atoms. The van der Waals surface area contributed by atoms with Gasteiger partial charge in [-0.1, -0.05) is 0 Å². The molecule has 1 heterocycles. The van der Waals surface area contributed by atoms with Gasteiger partial charge in [0.2, 0.25) is 0 Å². The van der Waals surface area contributed by atoms with E-state index in [1.807, 2.05) is 19.9 Å². The molecule has 2 rings (SSSR count). The standard InChI is InChI=1S/C13H18N2O3/c1-8-5-10(6-11(12(8)14)13(16)17)15-3-4-18-9(2)7-15/h5-6,9H,3-4,7,14H2,1-2H3,(H,16,17). The number of anilines is 2. The monoisotopic (exact) mass is 250 g/mol. The molecule has 1 aromatic carbocycles. The molecule has 1 aromatic rings. The van der Waals surface area contributed by atoms with Crippen LogP contribution in [0.5, 0.6) is 0 Å². The molecule has 18 heavy (non-hydrogen) atoms. The number of carboxylic acids is 1. The molecule has 0 radical (unpaired) electrons. The number of nitrogens with zero attached hydrogens (tertiary/aromatic N) is 1. The Morgan fingerprint density at radius 3 is 2.89 bits per heavy atom. The second kappa shape index (κ2) is 4.86. The average Bonchev–Trinajstić information content (AvgIpc) is 2.32. The lowest BCUT2D eigenvalue weighted by molar-refractivity contribution is 0.0532. The quantitative estimate of drug-likeness (QED) is 0.778. The SMILES string of the molecule is Cc1cc(N2CCOC(C)C2)cc(C(=O)O)c1N. The number of carboxylic acid groups (broad SMARTS) is 1. The van der Waals surface area contributed by atoms with Crippen molar-refractivity contribution in [2.24, 2.45) is 0 Å². The fourth-order valence-corrected chi connectivity index (χ4v) is 2.19. The van der Waals surface area contributed by atoms with Crippen LogP contribution >= 0.6 is 0 Å². The van der Waals surface area contributed by atoms with Crippen LogP contribution in [0.25, 0.3) is 0 Å². The van der Waals surface area contributed by atoms with E-state index in [4.69, 9.17) is 15.6 Å². The summed E-state index contributed by atoms with van der Waals surface area (Å²) in [6.07, 6.45) is 0.157. The molecule has 0 spiro atoms. The van der Waals surface area contributed by atoms with Gasteiger partial charge in [0.25, 0.3) is 0 Å². The Labute approximate surface area is 106 Å². The predicted octanol–water partition coefficient (Wildman–Crippen LogP) is 1.50. The molecule has 3 N–H and O–H groups in total. The number of morpholine rings is 1. The minimum atomic E-state index is -0.987. The number of aromatic carboxylic acids is 1. The van der Waals surface area contributed by atoms with E-state index in [-0.39, 0.29) is 11.7 Å². The number of carbonyl (C=O) groups is 1. The lowest BCUT2D eigenvalue weighted by Crippen LogP contribution is -2.41. The zero-order valence-corrected chi connectivity index (χ0v) is 10.6. The topological polar surface area (TPSA) is 75.8 Å². The van der Waals surface area contributed by atoms with E-state index in [2.05, 4.69) is 4.90 Å². The van der Waals surface area contributed by atoms with Gasteiger partial charge in [0.15, 0.2) is 0 Å². The fourth-order valence-electron chi connectivity index (χ4n) is 2.19. The van der Waals surface area contributed by atoms with Crippen LogP contribution in [0.15, 0.2) is 12.1 Å². The first kappa shape index (κ1) is 12.7. The minimum Gasteiger partial charge on any atom is -0.478 e. The molecule has 0 amide bonds. The van der Waals surface area contributed by atoms with Gasteiger partial charge in [-0.25, -0.2) is 4.79 Å². The molecule has 0 aromatic heterocycles. The first-order chi connectivity index (χ1) is 8.49. The van der Waals surface area contributed by atoms with Gasteiger partial charge in [0, 0.05) is 24.5 Å². The molecule has 1 aliphatic heterocycles. The number of rotatable bonds is 2. The van der Waals surface area contributed by atoms with Crippen molar-refractivity contribution in [1.82, 2.24) is 0 Å². The summed E-state index contributed by atoms with van der Waals surface area (Å²) >= 11 is 0. The molecule has 1 saturated heterocycles. The highest BCUT2D eigenvalue weighted by Gasteiger charge is 2.20. The zero-order valence-electron chi connectivity index (χ0n) is 10.6. The van der Waals surface area contributed by atoms with Crippen LogP contribution in [0.1, 0.15) is 22.8 Å². The normalized spacial score (nSPS) is 19.9. The van der Waals surface area contributed by atoms with Gasteiger partial charge < -0.3 is 20.5 Å². The fraction of sp³-hybridized carbons (Fsp3) is 0.462. The molecule has 1 unspecified atom stereocenters. The first-order valence-electron chi connectivity index (χ1n) is 5.99. The lowest BCUT2D eigenvalue weighted by atomic mass is 10.1. The molecule has 98 valence electrons. The van der Waals surface area contributed by atoms with Crippen molar-refractivity contribution in [3.63, 3.8) is 0 Å². The number of benzene rings is 1. The highest BCUT2D eigenvalue weighted by Crippen LogP contribution is 2.26. The van der Waals surface area contributed by atoms with Gasteiger partial charge in [-0.05, 0) is 31.5 Å². The maximum atomic E-state index is 11.2. The van der Waals surface area contributed by atoms with Crippen LogP contribution in [0.3, 0.4) is 0 Å². The summed E-state index contributed by atoms with van der Waals surface area (Å²) in [6, 6.07) is 3.57. The van der Waals surface area contributed by atoms with E-state index >= 15 is 0 Å². The average molecular weight is 250 g/mol. The molecular formula is C13H18N2O3. The molecule has 1 aliphatic rings. The number of hydrogen-bond donors (Lipinski definition) is 2. The van der Waals surface area contributed by atoms with Crippen LogP contribution in [0.4, 0.5) is 11.4 Å². The Morgan fingerprint density at radius 1 is 1.56 bits per heavy atom. The number of ether oxygens (including phenoxy) is 1. The largest absolute Gasteiger partial charge is 0.478 e. The summed E-state index contributed by atoms with van der Waals surface area (Å²) in [5, 5.41) is 9.14. The van der Waals surface area contributed by atoms with Gasteiger partial charge in [-0.2, -0.15) is 0 Å². The highest BCUT2D eigenvalue weighted by molar-refractivity contribution is 5.95. The van der Waals surface area contributed by atoms with Crippen molar-refractivity contribution in [3.05, 3.63) is 23.3 Å². The third kappa shape index (κ3) is 2.41. The number of hydrogen-bond acceptors (Lipinski definition) is 4. The summed E-state index contributed by atoms with van der Waals surface area (Å²) < 4.78 is 5.48. The minimum absolute atomic E-state index is 0.157. The Bertz CT molecular complexity index is 474. The summed E-state index contributed by atoms with van der Waals surface area (Å²) in [5.74, 6) is -0.987. The summed E-state index contributed by atoms with van der Waals surface area (Å²) in [4.78, 5) is 13.3. The van der Waals surface area contributed by atoms with Gasteiger partial charge >= 0.3 is 5.97 Å². The first-order valence-corrected chi connectivity index (χ1v) is 5.99. The maximum Gasteiger partial charge on any atom is 0.337 e. The van der Waals surface area contributed by atoms with Crippen LogP contribution in [-0.2, 0) is 4.74 Å². The van der Waals surface area contributed by atoms with E-state index in [0.717, 1.165) is 24.3 Å². The molecule has 0 saturated carbocycles. The van der Waals surface area contributed by atoms with Crippen molar-refractivity contribution in [2.75, 3.05) is 30.3 Å². The summed E-state index contributed by atoms with van der Waals surface area (Å²) in [5.41, 5.74) is 7.99. The van der Waals surface area contributed by atoms with Gasteiger partial charge in [0.05, 0.1) is 18.3 Å². The smallest absolute Gasteiger partial charge is 0.337 e. The Kier molecular flexibility index (Phi) is 3.43. The zero-order chi connectivity index (χ0) is 13.3. The highest BCUT2D eigenvalue weighted by atomic mass is 16.5. The third-order valence-electron chi connectivity index (χ3n) is 3.21. The molecule has 1 atom stereocenters. The Balaban J connectivity index is 2.36. The van der Waals surface area contributed by atoms with E-state index < -0.39 is 5.97 Å². The van der Waals surface area contributed by atoms with Crippen molar-refractivity contribution >= 4 is 17.3 Å². The van der Waals surface area contributed by atoms with Crippen LogP contribution in [0, 0.1) is 6.92 Å². The number of aryl methyl sites for hydroxylation is 1. The number of nitrogen functional groups attached to an aromatic ring is 1. The van der Waals surface area contributed by atoms with Crippen LogP contribution in [-0.4, -0.2) is 36.9 Å². The second-order valence-electron chi connectivity index (χ2n) is 4.66. The van der Waals surface area contributed by atoms with Crippen molar-refractivity contribution < 1.29 is 14.6 Å². The predicted molar refractivity (Wildman–Crippen MR) is 70.2 cm³/mol. The van der Waals surface area contributed by atoms with Gasteiger partial charge in [-0.3, -0.25) is 0 Å². The molecule has 5 nitrogen and oxygen atoms in total. The van der Waals surface area contributed by atoms with Crippen LogP contribution in [0.2, 0.25) is 0 Å². The van der Waals surface area contributed by atoms with Crippen molar-refractivity contribution in [3.8, 4) is 0 Å². The molecule has 0 aliphatic carbocycles. The number of nitrogens with two attached hydrogens (primary N) is 1. The molecular weight excluding hydrogens is 232 g/mol.